The van der Waals surface area contributed by atoms with Crippen LogP contribution in [0.2, 0.25) is 0 Å². The van der Waals surface area contributed by atoms with E-state index in [0.29, 0.717) is 18.2 Å². The highest BCUT2D eigenvalue weighted by atomic mass is 19.1. The van der Waals surface area contributed by atoms with Crippen LogP contribution in [0, 0.1) is 23.5 Å². The summed E-state index contributed by atoms with van der Waals surface area (Å²) in [6.45, 7) is 1.21. The fourth-order valence-electron chi connectivity index (χ4n) is 2.30. The zero-order valence-corrected chi connectivity index (χ0v) is 14.1. The second-order valence-electron chi connectivity index (χ2n) is 5.33. The summed E-state index contributed by atoms with van der Waals surface area (Å²) in [6.07, 6.45) is 0. The van der Waals surface area contributed by atoms with Gasteiger partial charge in [0.25, 0.3) is 5.91 Å². The van der Waals surface area contributed by atoms with Gasteiger partial charge in [-0.3, -0.25) is 14.4 Å². The first-order valence-corrected chi connectivity index (χ1v) is 7.27. The van der Waals surface area contributed by atoms with Crippen LogP contribution >= 0.6 is 0 Å². The molecule has 0 aromatic heterocycles. The Hall–Kier alpha value is -3.04. The highest BCUT2D eigenvalue weighted by Crippen LogP contribution is 2.20. The summed E-state index contributed by atoms with van der Waals surface area (Å²) in [5.41, 5.74) is -0.464. The standard InChI is InChI=1S/C16H17F2NO7/c1-7(11(15(23)25-2)16(24)26-3)12(14(21)22)19-13(20)8-4-9(17)6-10(18)5-8/h4-7,11-12H,1-3H3,(H,19,20)(H,21,22)/t7-,12-/m1/s1. The van der Waals surface area contributed by atoms with Gasteiger partial charge in [-0.05, 0) is 12.1 Å². The number of hydrogen-bond acceptors (Lipinski definition) is 6. The lowest BCUT2D eigenvalue weighted by Crippen LogP contribution is -2.50. The molecule has 2 N–H and O–H groups in total. The van der Waals surface area contributed by atoms with Gasteiger partial charge in [0.1, 0.15) is 17.7 Å². The predicted molar refractivity (Wildman–Crippen MR) is 81.9 cm³/mol. The summed E-state index contributed by atoms with van der Waals surface area (Å²) in [5, 5.41) is 11.4. The van der Waals surface area contributed by atoms with Gasteiger partial charge in [-0.25, -0.2) is 13.6 Å². The Bertz CT molecular complexity index is 686. The van der Waals surface area contributed by atoms with Gasteiger partial charge in [-0.2, -0.15) is 0 Å². The minimum Gasteiger partial charge on any atom is -0.480 e. The normalized spacial score (nSPS) is 12.8. The van der Waals surface area contributed by atoms with Crippen LogP contribution in [-0.4, -0.2) is 49.2 Å². The van der Waals surface area contributed by atoms with Gasteiger partial charge in [0.05, 0.1) is 14.2 Å². The summed E-state index contributed by atoms with van der Waals surface area (Å²) >= 11 is 0. The second kappa shape index (κ2) is 8.88. The molecule has 10 heteroatoms. The molecule has 0 aliphatic rings. The first-order valence-electron chi connectivity index (χ1n) is 7.27. The number of aliphatic carboxylic acids is 1. The van der Waals surface area contributed by atoms with Gasteiger partial charge >= 0.3 is 17.9 Å². The number of nitrogens with one attached hydrogen (secondary N) is 1. The predicted octanol–water partition coefficient (Wildman–Crippen LogP) is 0.746. The molecule has 0 bridgehead atoms. The number of halogens is 2. The lowest BCUT2D eigenvalue weighted by molar-refractivity contribution is -0.162. The van der Waals surface area contributed by atoms with E-state index >= 15 is 0 Å². The van der Waals surface area contributed by atoms with E-state index in [2.05, 4.69) is 9.47 Å². The molecule has 0 radical (unpaired) electrons. The van der Waals surface area contributed by atoms with Crippen molar-refractivity contribution in [3.05, 3.63) is 35.4 Å². The highest BCUT2D eigenvalue weighted by Gasteiger charge is 2.42. The van der Waals surface area contributed by atoms with E-state index in [1.54, 1.807) is 0 Å². The Labute approximate surface area is 147 Å². The molecular weight excluding hydrogens is 356 g/mol. The first-order chi connectivity index (χ1) is 12.1. The van der Waals surface area contributed by atoms with Crippen LogP contribution in [0.3, 0.4) is 0 Å². The van der Waals surface area contributed by atoms with Crippen LogP contribution in [0.1, 0.15) is 17.3 Å². The number of benzene rings is 1. The molecule has 0 aliphatic carbocycles. The average molecular weight is 373 g/mol. The molecule has 0 fully saturated rings. The van der Waals surface area contributed by atoms with Crippen molar-refractivity contribution in [3.8, 4) is 0 Å². The Morgan fingerprint density at radius 1 is 1.00 bits per heavy atom. The lowest BCUT2D eigenvalue weighted by atomic mass is 9.87. The molecule has 2 atom stereocenters. The smallest absolute Gasteiger partial charge is 0.326 e. The van der Waals surface area contributed by atoms with Crippen molar-refractivity contribution in [1.29, 1.82) is 0 Å². The number of amides is 1. The Morgan fingerprint density at radius 2 is 1.46 bits per heavy atom. The number of carbonyl (C=O) groups excluding carboxylic acids is 3. The first kappa shape index (κ1) is 21.0. The molecular formula is C16H17F2NO7. The largest absolute Gasteiger partial charge is 0.480 e. The van der Waals surface area contributed by atoms with E-state index < -0.39 is 58.9 Å². The monoisotopic (exact) mass is 373 g/mol. The van der Waals surface area contributed by atoms with Crippen molar-refractivity contribution in [1.82, 2.24) is 5.32 Å². The molecule has 0 saturated carbocycles. The number of ether oxygens (including phenoxy) is 2. The number of rotatable bonds is 7. The minimum atomic E-state index is -1.74. The quantitative estimate of drug-likeness (QED) is 0.535. The van der Waals surface area contributed by atoms with Crippen LogP contribution < -0.4 is 5.32 Å². The molecule has 8 nitrogen and oxygen atoms in total. The molecule has 142 valence electrons. The summed E-state index contributed by atoms with van der Waals surface area (Å²) < 4.78 is 35.4. The molecule has 26 heavy (non-hydrogen) atoms. The molecule has 0 unspecified atom stereocenters. The molecule has 1 aromatic carbocycles. The third-order valence-electron chi connectivity index (χ3n) is 3.64. The zero-order chi connectivity index (χ0) is 20.0. The van der Waals surface area contributed by atoms with Gasteiger partial charge in [0, 0.05) is 17.5 Å². The van der Waals surface area contributed by atoms with E-state index in [9.17, 15) is 33.1 Å². The second-order valence-corrected chi connectivity index (χ2v) is 5.33. The Balaban J connectivity index is 3.13. The van der Waals surface area contributed by atoms with Gasteiger partial charge < -0.3 is 19.9 Å². The number of carboxylic acid groups (broad SMARTS) is 1. The van der Waals surface area contributed by atoms with Crippen LogP contribution in [0.25, 0.3) is 0 Å². The molecule has 1 aromatic rings. The summed E-state index contributed by atoms with van der Waals surface area (Å²) in [6, 6.07) is 0.218. The number of carbonyl (C=O) groups is 4. The molecule has 0 heterocycles. The molecule has 1 amide bonds. The van der Waals surface area contributed by atoms with Crippen LogP contribution in [0.5, 0.6) is 0 Å². The van der Waals surface area contributed by atoms with E-state index in [4.69, 9.17) is 0 Å². The van der Waals surface area contributed by atoms with Gasteiger partial charge in [0.15, 0.2) is 5.92 Å². The van der Waals surface area contributed by atoms with Gasteiger partial charge in [-0.15, -0.1) is 0 Å². The fourth-order valence-corrected chi connectivity index (χ4v) is 2.30. The lowest BCUT2D eigenvalue weighted by Gasteiger charge is -2.26. The van der Waals surface area contributed by atoms with Crippen molar-refractivity contribution in [2.24, 2.45) is 11.8 Å². The Morgan fingerprint density at radius 3 is 1.85 bits per heavy atom. The topological polar surface area (TPSA) is 119 Å². The van der Waals surface area contributed by atoms with Gasteiger partial charge in [-0.1, -0.05) is 6.92 Å². The maximum Gasteiger partial charge on any atom is 0.326 e. The highest BCUT2D eigenvalue weighted by molar-refractivity contribution is 5.98. The van der Waals surface area contributed by atoms with Crippen molar-refractivity contribution in [2.75, 3.05) is 14.2 Å². The number of methoxy groups -OCH3 is 2. The van der Waals surface area contributed by atoms with Crippen LogP contribution in [0.15, 0.2) is 18.2 Å². The number of carboxylic acids is 1. The van der Waals surface area contributed by atoms with E-state index in [-0.39, 0.29) is 0 Å². The van der Waals surface area contributed by atoms with Crippen molar-refractivity contribution >= 4 is 23.8 Å². The maximum atomic E-state index is 13.2. The van der Waals surface area contributed by atoms with Crippen molar-refractivity contribution < 1.29 is 42.5 Å². The van der Waals surface area contributed by atoms with E-state index in [1.807, 2.05) is 5.32 Å². The molecule has 1 rings (SSSR count). The van der Waals surface area contributed by atoms with Crippen LogP contribution in [0.4, 0.5) is 8.78 Å². The zero-order valence-electron chi connectivity index (χ0n) is 14.1. The van der Waals surface area contributed by atoms with E-state index in [1.165, 1.54) is 6.92 Å². The average Bonchev–Trinajstić information content (AvgIpc) is 2.57. The summed E-state index contributed by atoms with van der Waals surface area (Å²) in [7, 11) is 1.99. The fraction of sp³-hybridized carbons (Fsp3) is 0.375. The minimum absolute atomic E-state index is 0.464. The number of hydrogen-bond donors (Lipinski definition) is 2. The Kier molecular flexibility index (Phi) is 7.17. The molecule has 0 aliphatic heterocycles. The van der Waals surface area contributed by atoms with Crippen LogP contribution in [-0.2, 0) is 23.9 Å². The number of esters is 2. The summed E-state index contributed by atoms with van der Waals surface area (Å²) in [5.74, 6) is -9.75. The summed E-state index contributed by atoms with van der Waals surface area (Å²) in [4.78, 5) is 47.2. The third kappa shape index (κ3) is 4.98. The van der Waals surface area contributed by atoms with Crippen molar-refractivity contribution in [2.45, 2.75) is 13.0 Å². The third-order valence-corrected chi connectivity index (χ3v) is 3.64. The van der Waals surface area contributed by atoms with Gasteiger partial charge in [0.2, 0.25) is 0 Å². The van der Waals surface area contributed by atoms with Crippen molar-refractivity contribution in [3.63, 3.8) is 0 Å². The maximum absolute atomic E-state index is 13.2. The SMILES string of the molecule is COC(=O)C(C(=O)OC)[C@@H](C)[C@@H](NC(=O)c1cc(F)cc(F)c1)C(=O)O. The molecule has 0 saturated heterocycles. The molecule has 0 spiro atoms. The van der Waals surface area contributed by atoms with E-state index in [0.717, 1.165) is 14.2 Å².